The molecule has 0 amide bonds. The van der Waals surface area contributed by atoms with Gasteiger partial charge in [0.25, 0.3) is 0 Å². The van der Waals surface area contributed by atoms with Gasteiger partial charge in [0.15, 0.2) is 0 Å². The smallest absolute Gasteiger partial charge is 0.339 e. The molecule has 1 saturated carbocycles. The fourth-order valence-corrected chi connectivity index (χ4v) is 5.06. The van der Waals surface area contributed by atoms with Crippen molar-refractivity contribution in [3.05, 3.63) is 28.8 Å². The van der Waals surface area contributed by atoms with Crippen LogP contribution in [0.25, 0.3) is 0 Å². The van der Waals surface area contributed by atoms with Crippen molar-refractivity contribution >= 4 is 40.0 Å². The molecule has 142 valence electrons. The second-order valence-corrected chi connectivity index (χ2v) is 8.34. The number of hydrogen-bond donors (Lipinski definition) is 2. The summed E-state index contributed by atoms with van der Waals surface area (Å²) in [5, 5.41) is 0.0308. The van der Waals surface area contributed by atoms with E-state index in [4.69, 9.17) is 17.3 Å². The molecule has 1 aromatic carbocycles. The van der Waals surface area contributed by atoms with Crippen LogP contribution < -0.4 is 10.5 Å². The zero-order chi connectivity index (χ0) is 18.0. The quantitative estimate of drug-likeness (QED) is 0.726. The van der Waals surface area contributed by atoms with Gasteiger partial charge in [-0.2, -0.15) is 0 Å². The van der Waals surface area contributed by atoms with Crippen LogP contribution in [0.4, 0.5) is 0 Å². The molecule has 9 heteroatoms. The molecule has 0 spiro atoms. The number of methoxy groups -OCH3 is 1. The minimum Gasteiger partial charge on any atom is -0.465 e. The molecule has 0 saturated heterocycles. The molecule has 1 aliphatic carbocycles. The topological polar surface area (TPSA) is 98.5 Å². The van der Waals surface area contributed by atoms with E-state index in [1.54, 1.807) is 0 Å². The van der Waals surface area contributed by atoms with Crippen molar-refractivity contribution in [2.45, 2.75) is 43.0 Å². The molecule has 0 radical (unpaired) electrons. The van der Waals surface area contributed by atoms with Crippen LogP contribution in [-0.4, -0.2) is 33.6 Å². The maximum absolute atomic E-state index is 12.8. The summed E-state index contributed by atoms with van der Waals surface area (Å²) in [6, 6.07) is 3.95. The lowest BCUT2D eigenvalue weighted by Crippen LogP contribution is -2.58. The average Bonchev–Trinajstić information content (AvgIpc) is 2.56. The van der Waals surface area contributed by atoms with Crippen LogP contribution in [-0.2, 0) is 14.8 Å². The molecular weight excluding hydrogens is 387 g/mol. The second-order valence-electron chi connectivity index (χ2n) is 6.25. The van der Waals surface area contributed by atoms with Crippen LogP contribution in [0, 0.1) is 5.92 Å². The van der Waals surface area contributed by atoms with Gasteiger partial charge in [-0.3, -0.25) is 0 Å². The molecule has 0 bridgehead atoms. The summed E-state index contributed by atoms with van der Waals surface area (Å²) in [5.74, 6) is -0.466. The Bertz CT molecular complexity index is 727. The Morgan fingerprint density at radius 2 is 2.12 bits per heavy atom. The molecule has 0 aliphatic heterocycles. The largest absolute Gasteiger partial charge is 0.465 e. The van der Waals surface area contributed by atoms with Gasteiger partial charge in [0.1, 0.15) is 0 Å². The standard InChI is InChI=1S/C16H23ClN2O4S.ClH/c1-11-5-3-4-8-16(11,10-18)19-24(21,22)12-6-7-13(14(17)9-12)15(20)23-2;/h6-7,9,11,19H,3-5,8,10,18H2,1-2H3;1H. The van der Waals surface area contributed by atoms with Gasteiger partial charge in [-0.05, 0) is 37.0 Å². The van der Waals surface area contributed by atoms with Crippen molar-refractivity contribution in [2.75, 3.05) is 13.7 Å². The number of rotatable bonds is 5. The summed E-state index contributed by atoms with van der Waals surface area (Å²) in [7, 11) is -2.57. The molecule has 1 aliphatic rings. The van der Waals surface area contributed by atoms with Crippen LogP contribution in [0.2, 0.25) is 5.02 Å². The number of ether oxygens (including phenoxy) is 1. The Kier molecular flexibility index (Phi) is 7.71. The van der Waals surface area contributed by atoms with E-state index in [-0.39, 0.29) is 40.4 Å². The van der Waals surface area contributed by atoms with Gasteiger partial charge in [-0.1, -0.05) is 31.4 Å². The maximum Gasteiger partial charge on any atom is 0.339 e. The number of halogens is 2. The number of carbonyl (C=O) groups is 1. The monoisotopic (exact) mass is 410 g/mol. The first-order chi connectivity index (χ1) is 11.3. The van der Waals surface area contributed by atoms with Gasteiger partial charge in [0.05, 0.1) is 22.6 Å². The average molecular weight is 411 g/mol. The number of sulfonamides is 1. The van der Waals surface area contributed by atoms with Crippen LogP contribution in [0.15, 0.2) is 23.1 Å². The molecule has 0 heterocycles. The Morgan fingerprint density at radius 1 is 1.44 bits per heavy atom. The van der Waals surface area contributed by atoms with Gasteiger partial charge in [-0.25, -0.2) is 17.9 Å². The van der Waals surface area contributed by atoms with Gasteiger partial charge < -0.3 is 10.5 Å². The van der Waals surface area contributed by atoms with Crippen molar-refractivity contribution in [1.82, 2.24) is 4.72 Å². The Hall–Kier alpha value is -0.860. The fourth-order valence-electron chi connectivity index (χ4n) is 3.18. The molecule has 3 N–H and O–H groups in total. The first kappa shape index (κ1) is 22.2. The molecule has 1 fully saturated rings. The maximum atomic E-state index is 12.8. The van der Waals surface area contributed by atoms with Crippen LogP contribution >= 0.6 is 24.0 Å². The third-order valence-electron chi connectivity index (χ3n) is 4.81. The van der Waals surface area contributed by atoms with E-state index in [1.165, 1.54) is 25.3 Å². The second kappa shape index (κ2) is 8.68. The van der Waals surface area contributed by atoms with Gasteiger partial charge in [-0.15, -0.1) is 12.4 Å². The van der Waals surface area contributed by atoms with Crippen molar-refractivity contribution in [2.24, 2.45) is 11.7 Å². The first-order valence-corrected chi connectivity index (χ1v) is 9.74. The highest BCUT2D eigenvalue weighted by Gasteiger charge is 2.40. The zero-order valence-corrected chi connectivity index (χ0v) is 16.6. The van der Waals surface area contributed by atoms with Crippen LogP contribution in [0.1, 0.15) is 43.0 Å². The van der Waals surface area contributed by atoms with E-state index in [9.17, 15) is 13.2 Å². The fraction of sp³-hybridized carbons (Fsp3) is 0.562. The lowest BCUT2D eigenvalue weighted by Gasteiger charge is -2.42. The highest BCUT2D eigenvalue weighted by Crippen LogP contribution is 2.34. The van der Waals surface area contributed by atoms with Crippen molar-refractivity contribution < 1.29 is 17.9 Å². The van der Waals surface area contributed by atoms with E-state index >= 15 is 0 Å². The summed E-state index contributed by atoms with van der Waals surface area (Å²) in [6.07, 6.45) is 3.65. The number of esters is 1. The zero-order valence-electron chi connectivity index (χ0n) is 14.2. The van der Waals surface area contributed by atoms with E-state index in [0.29, 0.717) is 6.42 Å². The minimum atomic E-state index is -3.80. The lowest BCUT2D eigenvalue weighted by molar-refractivity contribution is 0.0601. The Morgan fingerprint density at radius 3 is 2.64 bits per heavy atom. The SMILES string of the molecule is COC(=O)c1ccc(S(=O)(=O)NC2(CN)CCCCC2C)cc1Cl.Cl. The Labute approximate surface area is 159 Å². The molecule has 2 unspecified atom stereocenters. The van der Waals surface area contributed by atoms with Gasteiger partial charge in [0.2, 0.25) is 10.0 Å². The third-order valence-corrected chi connectivity index (χ3v) is 6.67. The highest BCUT2D eigenvalue weighted by molar-refractivity contribution is 7.89. The predicted molar refractivity (Wildman–Crippen MR) is 99.8 cm³/mol. The molecule has 6 nitrogen and oxygen atoms in total. The molecular formula is C16H24Cl2N2O4S. The Balaban J connectivity index is 0.00000312. The normalized spacial score (nSPS) is 23.6. The van der Waals surface area contributed by atoms with Crippen LogP contribution in [0.3, 0.4) is 0 Å². The highest BCUT2D eigenvalue weighted by atomic mass is 35.5. The van der Waals surface area contributed by atoms with Gasteiger partial charge >= 0.3 is 5.97 Å². The summed E-state index contributed by atoms with van der Waals surface area (Å²) >= 11 is 6.03. The van der Waals surface area contributed by atoms with Gasteiger partial charge in [0, 0.05) is 12.1 Å². The molecule has 0 aromatic heterocycles. The predicted octanol–water partition coefficient (Wildman–Crippen LogP) is 2.73. The minimum absolute atomic E-state index is 0. The molecule has 2 rings (SSSR count). The number of benzene rings is 1. The summed E-state index contributed by atoms with van der Waals surface area (Å²) in [4.78, 5) is 11.6. The summed E-state index contributed by atoms with van der Waals surface area (Å²) in [6.45, 7) is 2.25. The number of nitrogens with two attached hydrogens (primary N) is 1. The first-order valence-electron chi connectivity index (χ1n) is 7.87. The molecule has 2 atom stereocenters. The van der Waals surface area contributed by atoms with Crippen molar-refractivity contribution in [3.63, 3.8) is 0 Å². The van der Waals surface area contributed by atoms with Crippen LogP contribution in [0.5, 0.6) is 0 Å². The van der Waals surface area contributed by atoms with Crippen molar-refractivity contribution in [1.29, 1.82) is 0 Å². The van der Waals surface area contributed by atoms with Crippen molar-refractivity contribution in [3.8, 4) is 0 Å². The summed E-state index contributed by atoms with van der Waals surface area (Å²) < 4.78 is 32.9. The van der Waals surface area contributed by atoms with E-state index in [1.807, 2.05) is 6.92 Å². The number of nitrogens with one attached hydrogen (secondary N) is 1. The van der Waals surface area contributed by atoms with E-state index in [2.05, 4.69) is 9.46 Å². The lowest BCUT2D eigenvalue weighted by atomic mass is 9.74. The molecule has 1 aromatic rings. The third kappa shape index (κ3) is 4.65. The summed E-state index contributed by atoms with van der Waals surface area (Å²) in [5.41, 5.74) is 5.39. The molecule has 25 heavy (non-hydrogen) atoms. The van der Waals surface area contributed by atoms with E-state index < -0.39 is 21.5 Å². The van der Waals surface area contributed by atoms with E-state index in [0.717, 1.165) is 19.3 Å². The number of carbonyl (C=O) groups excluding carboxylic acids is 1. The number of hydrogen-bond acceptors (Lipinski definition) is 5.